The maximum Gasteiger partial charge on any atom is 0.305 e. The molecule has 2 bridgehead atoms. The number of aliphatic carboxylic acids is 1. The van der Waals surface area contributed by atoms with Crippen molar-refractivity contribution in [1.82, 2.24) is 58.5 Å². The standard InChI is InChI=1S/C58H93FN14O20S3/c1-2-86-21-22-90-27-24-88-19-16-63-52(80)44-35-94-38-49(76)67-41(11-6-7-14-62-48(75)34-93-66-17-20-89-25-28-92-30-29-91-26-23-87-18-13-59)53(81)72-45-36-95-96-37-46(57(85)70-42(54(82)71-44)31-39-9-4-3-5-10-39)73-55(83)43(32-50(77)78)68-47(74)33-65-51(79)40(69-56(45)84)12-8-15-64-58(60)61/h3-5,9-10,17,40-46H,2,6-8,11-16,18-38H2,1H3,(H,62,75)(H,63,80)(H,65,79)(H,67,76)(H,68,74)(H,69,84)(H,70,85)(H,71,82)(H,72,81)(H,73,83)(H,77,78)(H4,60,61,64)/b66-17-/t40-,41-,42-,43-,44-,45-,46-/m0/s1. The topological polar surface area (TPSA) is 476 Å². The van der Waals surface area contributed by atoms with Crippen molar-refractivity contribution in [2.45, 2.75) is 94.2 Å². The molecule has 2 saturated heterocycles. The van der Waals surface area contributed by atoms with Gasteiger partial charge in [0.1, 0.15) is 49.0 Å². The smallest absolute Gasteiger partial charge is 0.305 e. The van der Waals surface area contributed by atoms with Gasteiger partial charge in [0, 0.05) is 49.9 Å². The number of hydrogen-bond donors (Lipinski definition) is 14. The Bertz CT molecular complexity index is 2580. The lowest BCUT2D eigenvalue weighted by Crippen LogP contribution is -2.60. The second kappa shape index (κ2) is 52.0. The third kappa shape index (κ3) is 39.1. The first-order valence-corrected chi connectivity index (χ1v) is 34.9. The van der Waals surface area contributed by atoms with E-state index in [0.29, 0.717) is 45.2 Å². The van der Waals surface area contributed by atoms with Crippen LogP contribution in [0.2, 0.25) is 0 Å². The van der Waals surface area contributed by atoms with Gasteiger partial charge in [-0.3, -0.25) is 58.1 Å². The Hall–Kier alpha value is -7.17. The van der Waals surface area contributed by atoms with Crippen LogP contribution in [0, 0.1) is 5.41 Å². The number of benzene rings is 1. The molecule has 2 aliphatic rings. The minimum absolute atomic E-state index is 0.0221. The van der Waals surface area contributed by atoms with E-state index in [-0.39, 0.29) is 140 Å². The number of nitrogens with one attached hydrogen (secondary N) is 12. The Morgan fingerprint density at radius 3 is 1.79 bits per heavy atom. The van der Waals surface area contributed by atoms with Crippen molar-refractivity contribution in [2.24, 2.45) is 10.9 Å². The predicted molar refractivity (Wildman–Crippen MR) is 352 cm³/mol. The molecule has 3 rings (SSSR count). The first-order chi connectivity index (χ1) is 46.4. The molecule has 2 fully saturated rings. The zero-order chi connectivity index (χ0) is 70.0. The Morgan fingerprint density at radius 2 is 1.17 bits per heavy atom. The lowest BCUT2D eigenvalue weighted by molar-refractivity contribution is -0.141. The van der Waals surface area contributed by atoms with E-state index in [1.54, 1.807) is 30.3 Å². The van der Waals surface area contributed by atoms with Gasteiger partial charge in [-0.2, -0.15) is 0 Å². The SMILES string of the molecule is CCOCCOCCOCCNC(=O)[C@@H]1CSCC(=O)N[C@@H](CCCCNC(=O)CO/N=C\COCCOCCOCCOCCF)C(=O)N[C@H]2CSSC[C@H](NC(=O)[C@H](CC(=O)O)NC(=O)CNC(=O)[C@H](CCCNC(=N)N)NC2=O)C(=O)N[C@@H](Cc2ccccc2)C(=O)N1. The lowest BCUT2D eigenvalue weighted by Gasteiger charge is -2.27. The number of carbonyl (C=O) groups excluding carboxylic acids is 10. The van der Waals surface area contributed by atoms with Gasteiger partial charge in [0.25, 0.3) is 5.91 Å². The number of nitrogens with two attached hydrogens (primary N) is 1. The van der Waals surface area contributed by atoms with Crippen LogP contribution in [-0.4, -0.2) is 280 Å². The number of halogens is 1. The number of fused-ring (bicyclic) bond motifs is 5. The molecule has 1 aromatic rings. The molecule has 0 radical (unpaired) electrons. The number of nitrogens with zero attached hydrogens (tertiary/aromatic N) is 1. The number of carboxylic acids is 1. The van der Waals surface area contributed by atoms with Gasteiger partial charge < -0.3 is 107 Å². The number of oxime groups is 1. The van der Waals surface area contributed by atoms with Crippen LogP contribution in [-0.2, 0) is 97.2 Å². The fraction of sp³-hybridized carbons (Fsp3) is 0.672. The van der Waals surface area contributed by atoms with Crippen molar-refractivity contribution in [3.63, 3.8) is 0 Å². The van der Waals surface area contributed by atoms with Crippen LogP contribution < -0.4 is 64.2 Å². The highest BCUT2D eigenvalue weighted by molar-refractivity contribution is 8.76. The summed E-state index contributed by atoms with van der Waals surface area (Å²) in [6.45, 7) is 3.80. The van der Waals surface area contributed by atoms with E-state index in [1.807, 2.05) is 6.92 Å². The third-order valence-electron chi connectivity index (χ3n) is 13.2. The summed E-state index contributed by atoms with van der Waals surface area (Å²) >= 11 is 0.908. The van der Waals surface area contributed by atoms with Crippen molar-refractivity contribution in [3.05, 3.63) is 35.9 Å². The van der Waals surface area contributed by atoms with Gasteiger partial charge in [0.05, 0.1) is 111 Å². The molecule has 2 heterocycles. The summed E-state index contributed by atoms with van der Waals surface area (Å²) in [5.41, 5.74) is 6.01. The molecule has 15 N–H and O–H groups in total. The number of rotatable bonds is 40. The third-order valence-corrected chi connectivity index (χ3v) is 16.7. The molecule has 1 aromatic carbocycles. The molecule has 0 saturated carbocycles. The monoisotopic (exact) mass is 1420 g/mol. The van der Waals surface area contributed by atoms with Crippen molar-refractivity contribution < 1.29 is 100 Å². The molecule has 34 nitrogen and oxygen atoms in total. The lowest BCUT2D eigenvalue weighted by atomic mass is 10.0. The highest BCUT2D eigenvalue weighted by Crippen LogP contribution is 2.24. The Labute approximate surface area is 568 Å². The van der Waals surface area contributed by atoms with E-state index >= 15 is 0 Å². The van der Waals surface area contributed by atoms with Gasteiger partial charge in [0.2, 0.25) is 53.2 Å². The van der Waals surface area contributed by atoms with Crippen molar-refractivity contribution in [3.8, 4) is 0 Å². The second-order valence-corrected chi connectivity index (χ2v) is 24.4. The summed E-state index contributed by atoms with van der Waals surface area (Å²) < 4.78 is 49.4. The van der Waals surface area contributed by atoms with Crippen molar-refractivity contribution in [2.75, 3.05) is 155 Å². The highest BCUT2D eigenvalue weighted by atomic mass is 33.1. The molecule has 10 amide bonds. The van der Waals surface area contributed by atoms with Crippen LogP contribution in [0.4, 0.5) is 4.39 Å². The zero-order valence-corrected chi connectivity index (χ0v) is 56.2. The number of unbranched alkanes of at least 4 members (excludes halogenated alkanes) is 1. The summed E-state index contributed by atoms with van der Waals surface area (Å²) in [4.78, 5) is 157. The van der Waals surface area contributed by atoms with Crippen molar-refractivity contribution >= 4 is 111 Å². The van der Waals surface area contributed by atoms with Crippen LogP contribution in [0.5, 0.6) is 0 Å². The second-order valence-electron chi connectivity index (χ2n) is 20.8. The number of carbonyl (C=O) groups is 11. The largest absolute Gasteiger partial charge is 0.481 e. The first kappa shape index (κ1) is 83.1. The average molecular weight is 1420 g/mol. The number of ether oxygens (including phenoxy) is 7. The molecule has 0 unspecified atom stereocenters. The summed E-state index contributed by atoms with van der Waals surface area (Å²) in [7, 11) is 1.83. The van der Waals surface area contributed by atoms with Crippen LogP contribution in [0.3, 0.4) is 0 Å². The molecule has 96 heavy (non-hydrogen) atoms. The number of thioether (sulfide) groups is 1. The summed E-state index contributed by atoms with van der Waals surface area (Å²) in [6, 6.07) is -2.04. The van der Waals surface area contributed by atoms with Crippen LogP contribution in [0.1, 0.15) is 51.0 Å². The fourth-order valence-electron chi connectivity index (χ4n) is 8.43. The van der Waals surface area contributed by atoms with Crippen LogP contribution in [0.15, 0.2) is 35.5 Å². The molecule has 38 heteroatoms. The van der Waals surface area contributed by atoms with Gasteiger partial charge in [-0.1, -0.05) is 57.1 Å². The quantitative estimate of drug-likeness (QED) is 0.00983. The molecular formula is C58H93FN14O20S3. The molecule has 0 spiro atoms. The molecule has 0 aliphatic carbocycles. The number of alkyl halides is 1. The van der Waals surface area contributed by atoms with Gasteiger partial charge in [-0.25, -0.2) is 4.39 Å². The minimum atomic E-state index is -1.82. The van der Waals surface area contributed by atoms with E-state index in [9.17, 15) is 62.2 Å². The minimum Gasteiger partial charge on any atom is -0.481 e. The first-order valence-electron chi connectivity index (χ1n) is 31.2. The van der Waals surface area contributed by atoms with Gasteiger partial charge >= 0.3 is 5.97 Å². The van der Waals surface area contributed by atoms with E-state index in [4.69, 9.17) is 49.1 Å². The van der Waals surface area contributed by atoms with E-state index < -0.39 is 134 Å². The highest BCUT2D eigenvalue weighted by Gasteiger charge is 2.35. The number of hydrogen-bond acceptors (Lipinski definition) is 24. The van der Waals surface area contributed by atoms with E-state index in [0.717, 1.165) is 33.3 Å². The maximum absolute atomic E-state index is 14.6. The number of guanidine groups is 1. The molecular weight excluding hydrogens is 1330 g/mol. The molecule has 7 atom stereocenters. The maximum atomic E-state index is 14.6. The van der Waals surface area contributed by atoms with Gasteiger partial charge in [0.15, 0.2) is 12.6 Å². The van der Waals surface area contributed by atoms with Crippen LogP contribution in [0.25, 0.3) is 0 Å². The summed E-state index contributed by atoms with van der Waals surface area (Å²) in [5, 5.41) is 49.5. The van der Waals surface area contributed by atoms with Crippen LogP contribution >= 0.6 is 33.3 Å². The van der Waals surface area contributed by atoms with Crippen molar-refractivity contribution in [1.29, 1.82) is 5.41 Å². The van der Waals surface area contributed by atoms with E-state index in [2.05, 4.69) is 63.6 Å². The number of carboxylic acid groups (broad SMARTS) is 1. The normalized spacial score (nSPS) is 20.7. The predicted octanol–water partition coefficient (Wildman–Crippen LogP) is -3.87. The Morgan fingerprint density at radius 1 is 0.615 bits per heavy atom. The van der Waals surface area contributed by atoms with Gasteiger partial charge in [-0.05, 0) is 44.6 Å². The summed E-state index contributed by atoms with van der Waals surface area (Å²) in [5.74, 6) is -11.8. The van der Waals surface area contributed by atoms with Gasteiger partial charge in [-0.15, -0.1) is 11.8 Å². The average Bonchev–Trinajstić information content (AvgIpc) is 1.04. The molecule has 0 aromatic heterocycles. The molecule has 540 valence electrons. The number of amides is 10. The van der Waals surface area contributed by atoms with E-state index in [1.165, 1.54) is 6.21 Å². The molecule has 2 aliphatic heterocycles. The zero-order valence-electron chi connectivity index (χ0n) is 53.8. The Balaban J connectivity index is 1.93. The fourth-order valence-corrected chi connectivity index (χ4v) is 11.6. The Kier molecular flexibility index (Phi) is 45.0. The summed E-state index contributed by atoms with van der Waals surface area (Å²) in [6.07, 6.45) is 0.580.